The summed E-state index contributed by atoms with van der Waals surface area (Å²) >= 11 is 5.69. The summed E-state index contributed by atoms with van der Waals surface area (Å²) in [5.41, 5.74) is 2.06. The standard InChI is InChI=1S/C13H8ClFN2O/c14-9-7-8(5-6-10(9)15)16-13-17-11-3-1-2-4-12(11)18-13/h1-7H,(H,16,17). The summed E-state index contributed by atoms with van der Waals surface area (Å²) in [4.78, 5) is 4.25. The average molecular weight is 263 g/mol. The minimum absolute atomic E-state index is 0.0520. The summed E-state index contributed by atoms with van der Waals surface area (Å²) < 4.78 is 18.5. The second-order valence-electron chi connectivity index (χ2n) is 3.74. The van der Waals surface area contributed by atoms with Gasteiger partial charge in [0.15, 0.2) is 5.58 Å². The Labute approximate surface area is 107 Å². The maximum atomic E-state index is 13.0. The quantitative estimate of drug-likeness (QED) is 0.745. The summed E-state index contributed by atoms with van der Waals surface area (Å²) in [5, 5.41) is 2.98. The van der Waals surface area contributed by atoms with Gasteiger partial charge in [-0.3, -0.25) is 0 Å². The molecule has 18 heavy (non-hydrogen) atoms. The molecule has 0 spiro atoms. The minimum Gasteiger partial charge on any atom is -0.423 e. The molecule has 0 aliphatic carbocycles. The molecule has 0 aliphatic rings. The first-order chi connectivity index (χ1) is 8.72. The number of rotatable bonds is 2. The lowest BCUT2D eigenvalue weighted by molar-refractivity contribution is 0.621. The highest BCUT2D eigenvalue weighted by Crippen LogP contribution is 2.24. The first-order valence-electron chi connectivity index (χ1n) is 5.30. The molecule has 1 heterocycles. The number of fused-ring (bicyclic) bond motifs is 1. The van der Waals surface area contributed by atoms with Crippen LogP contribution in [0.4, 0.5) is 16.1 Å². The van der Waals surface area contributed by atoms with Gasteiger partial charge in [0.1, 0.15) is 11.3 Å². The largest absolute Gasteiger partial charge is 0.423 e. The Balaban J connectivity index is 1.93. The Hall–Kier alpha value is -2.07. The van der Waals surface area contributed by atoms with Gasteiger partial charge in [0.05, 0.1) is 5.02 Å². The lowest BCUT2D eigenvalue weighted by Crippen LogP contribution is -1.90. The smallest absolute Gasteiger partial charge is 0.300 e. The number of para-hydroxylation sites is 2. The van der Waals surface area contributed by atoms with Gasteiger partial charge in [0.25, 0.3) is 6.01 Å². The van der Waals surface area contributed by atoms with Gasteiger partial charge in [0, 0.05) is 5.69 Å². The number of nitrogens with zero attached hydrogens (tertiary/aromatic N) is 1. The average Bonchev–Trinajstić information content (AvgIpc) is 2.76. The summed E-state index contributed by atoms with van der Waals surface area (Å²) in [5.74, 6) is -0.459. The molecule has 0 radical (unpaired) electrons. The van der Waals surface area contributed by atoms with E-state index in [4.69, 9.17) is 16.0 Å². The summed E-state index contributed by atoms with van der Waals surface area (Å²) in [7, 11) is 0. The molecule has 0 saturated carbocycles. The maximum Gasteiger partial charge on any atom is 0.300 e. The second kappa shape index (κ2) is 4.31. The zero-order valence-corrected chi connectivity index (χ0v) is 9.91. The van der Waals surface area contributed by atoms with E-state index in [0.29, 0.717) is 17.3 Å². The first-order valence-corrected chi connectivity index (χ1v) is 5.68. The van der Waals surface area contributed by atoms with Crippen LogP contribution in [0.2, 0.25) is 5.02 Å². The van der Waals surface area contributed by atoms with E-state index in [1.165, 1.54) is 12.1 Å². The van der Waals surface area contributed by atoms with Gasteiger partial charge in [-0.05, 0) is 30.3 Å². The lowest BCUT2D eigenvalue weighted by atomic mass is 10.3. The molecular formula is C13H8ClFN2O. The van der Waals surface area contributed by atoms with Crippen LogP contribution in [0.1, 0.15) is 0 Å². The molecule has 0 amide bonds. The zero-order chi connectivity index (χ0) is 12.5. The third-order valence-electron chi connectivity index (χ3n) is 2.46. The van der Waals surface area contributed by atoms with Gasteiger partial charge in [-0.25, -0.2) is 4.39 Å². The lowest BCUT2D eigenvalue weighted by Gasteiger charge is -2.02. The van der Waals surface area contributed by atoms with Crippen molar-refractivity contribution >= 4 is 34.4 Å². The minimum atomic E-state index is -0.459. The van der Waals surface area contributed by atoms with Crippen LogP contribution in [-0.2, 0) is 0 Å². The van der Waals surface area contributed by atoms with Crippen molar-refractivity contribution in [2.45, 2.75) is 0 Å². The number of anilines is 2. The van der Waals surface area contributed by atoms with Gasteiger partial charge in [-0.1, -0.05) is 23.7 Å². The highest BCUT2D eigenvalue weighted by molar-refractivity contribution is 6.31. The van der Waals surface area contributed by atoms with Crippen molar-refractivity contribution in [1.82, 2.24) is 4.98 Å². The van der Waals surface area contributed by atoms with Crippen molar-refractivity contribution in [2.75, 3.05) is 5.32 Å². The molecule has 3 aromatic rings. The van der Waals surface area contributed by atoms with E-state index < -0.39 is 5.82 Å². The summed E-state index contributed by atoms with van der Waals surface area (Å²) in [6, 6.07) is 12.1. The Kier molecular flexibility index (Phi) is 2.64. The molecule has 1 N–H and O–H groups in total. The summed E-state index contributed by atoms with van der Waals surface area (Å²) in [6.45, 7) is 0. The van der Waals surface area contributed by atoms with E-state index in [9.17, 15) is 4.39 Å². The fourth-order valence-electron chi connectivity index (χ4n) is 1.62. The first kappa shape index (κ1) is 11.0. The number of halogens is 2. The number of nitrogens with one attached hydrogen (secondary N) is 1. The van der Waals surface area contributed by atoms with E-state index in [2.05, 4.69) is 10.3 Å². The molecule has 0 fully saturated rings. The predicted octanol–water partition coefficient (Wildman–Crippen LogP) is 4.36. The SMILES string of the molecule is Fc1ccc(Nc2nc3ccccc3o2)cc1Cl. The van der Waals surface area contributed by atoms with E-state index in [-0.39, 0.29) is 5.02 Å². The molecule has 2 aromatic carbocycles. The molecule has 5 heteroatoms. The number of oxazole rings is 1. The third-order valence-corrected chi connectivity index (χ3v) is 2.75. The van der Waals surface area contributed by atoms with E-state index in [0.717, 1.165) is 5.52 Å². The van der Waals surface area contributed by atoms with Crippen LogP contribution in [0.15, 0.2) is 46.9 Å². The van der Waals surface area contributed by atoms with Crippen LogP contribution >= 0.6 is 11.6 Å². The fourth-order valence-corrected chi connectivity index (χ4v) is 1.80. The van der Waals surface area contributed by atoms with Crippen LogP contribution in [-0.4, -0.2) is 4.98 Å². The Bertz CT molecular complexity index is 678. The molecule has 0 unspecified atom stereocenters. The van der Waals surface area contributed by atoms with Gasteiger partial charge in [-0.2, -0.15) is 4.98 Å². The van der Waals surface area contributed by atoms with Gasteiger partial charge < -0.3 is 9.73 Å². The van der Waals surface area contributed by atoms with Crippen molar-refractivity contribution in [3.63, 3.8) is 0 Å². The molecule has 0 aliphatic heterocycles. The molecule has 0 saturated heterocycles. The highest BCUT2D eigenvalue weighted by atomic mass is 35.5. The number of hydrogen-bond donors (Lipinski definition) is 1. The molecule has 1 aromatic heterocycles. The zero-order valence-electron chi connectivity index (χ0n) is 9.15. The fraction of sp³-hybridized carbons (Fsp3) is 0. The topological polar surface area (TPSA) is 38.1 Å². The Morgan fingerprint density at radius 3 is 2.78 bits per heavy atom. The van der Waals surface area contributed by atoms with E-state index in [1.807, 2.05) is 24.3 Å². The van der Waals surface area contributed by atoms with Crippen molar-refractivity contribution in [1.29, 1.82) is 0 Å². The Morgan fingerprint density at radius 2 is 2.00 bits per heavy atom. The van der Waals surface area contributed by atoms with Crippen LogP contribution in [0, 0.1) is 5.82 Å². The highest BCUT2D eigenvalue weighted by Gasteiger charge is 2.06. The van der Waals surface area contributed by atoms with Crippen LogP contribution in [0.3, 0.4) is 0 Å². The van der Waals surface area contributed by atoms with Crippen LogP contribution < -0.4 is 5.32 Å². The maximum absolute atomic E-state index is 13.0. The van der Waals surface area contributed by atoms with Crippen LogP contribution in [0.5, 0.6) is 0 Å². The molecule has 0 bridgehead atoms. The van der Waals surface area contributed by atoms with Gasteiger partial charge in [0.2, 0.25) is 0 Å². The Morgan fingerprint density at radius 1 is 1.17 bits per heavy atom. The number of benzene rings is 2. The van der Waals surface area contributed by atoms with Crippen molar-refractivity contribution in [3.8, 4) is 0 Å². The van der Waals surface area contributed by atoms with E-state index in [1.54, 1.807) is 6.07 Å². The predicted molar refractivity (Wildman–Crippen MR) is 68.7 cm³/mol. The van der Waals surface area contributed by atoms with Crippen molar-refractivity contribution in [3.05, 3.63) is 53.3 Å². The molecule has 3 nitrogen and oxygen atoms in total. The molecule has 0 atom stereocenters. The third kappa shape index (κ3) is 2.02. The monoisotopic (exact) mass is 262 g/mol. The van der Waals surface area contributed by atoms with Gasteiger partial charge in [-0.15, -0.1) is 0 Å². The van der Waals surface area contributed by atoms with Crippen molar-refractivity contribution in [2.24, 2.45) is 0 Å². The normalized spacial score (nSPS) is 10.8. The van der Waals surface area contributed by atoms with Gasteiger partial charge >= 0.3 is 0 Å². The number of hydrogen-bond acceptors (Lipinski definition) is 3. The molecule has 3 rings (SSSR count). The second-order valence-corrected chi connectivity index (χ2v) is 4.15. The number of aromatic nitrogens is 1. The molecular weight excluding hydrogens is 255 g/mol. The molecule has 90 valence electrons. The summed E-state index contributed by atoms with van der Waals surface area (Å²) in [6.07, 6.45) is 0. The van der Waals surface area contributed by atoms with Crippen molar-refractivity contribution < 1.29 is 8.81 Å². The van der Waals surface area contributed by atoms with E-state index >= 15 is 0 Å². The van der Waals surface area contributed by atoms with Crippen LogP contribution in [0.25, 0.3) is 11.1 Å².